The minimum atomic E-state index is -0.547. The van der Waals surface area contributed by atoms with Gasteiger partial charge in [-0.1, -0.05) is 16.5 Å². The lowest BCUT2D eigenvalue weighted by Gasteiger charge is -2.20. The monoisotopic (exact) mass is 305 g/mol. The lowest BCUT2D eigenvalue weighted by Crippen LogP contribution is -2.21. The molecule has 0 aliphatic rings. The molecule has 0 atom stereocenters. The van der Waals surface area contributed by atoms with E-state index >= 15 is 0 Å². The molecule has 1 heterocycles. The predicted molar refractivity (Wildman–Crippen MR) is 82.9 cm³/mol. The second kappa shape index (κ2) is 6.89. The predicted octanol–water partition coefficient (Wildman–Crippen LogP) is 4.31. The summed E-state index contributed by atoms with van der Waals surface area (Å²) in [6, 6.07) is 7.68. The summed E-state index contributed by atoms with van der Waals surface area (Å²) in [6.45, 7) is 6.10. The van der Waals surface area contributed by atoms with Crippen LogP contribution in [0, 0.1) is 10.1 Å². The number of benzene rings is 1. The molecule has 21 heavy (non-hydrogen) atoms. The Morgan fingerprint density at radius 2 is 1.90 bits per heavy atom. The normalized spacial score (nSPS) is 11.0. The summed E-state index contributed by atoms with van der Waals surface area (Å²) >= 11 is 1.09. The van der Waals surface area contributed by atoms with Gasteiger partial charge in [-0.2, -0.15) is 0 Å². The smallest absolute Gasteiger partial charge is 0.372 e. The fraction of sp³-hybridized carbons (Fsp3) is 0.308. The Morgan fingerprint density at radius 3 is 2.43 bits per heavy atom. The van der Waals surface area contributed by atoms with E-state index < -0.39 is 4.92 Å². The Labute approximate surface area is 126 Å². The van der Waals surface area contributed by atoms with Crippen LogP contribution in [0.4, 0.5) is 22.3 Å². The van der Waals surface area contributed by atoms with Gasteiger partial charge >= 0.3 is 10.9 Å². The molecule has 7 nitrogen and oxygen atoms in total. The maximum absolute atomic E-state index is 10.5. The quantitative estimate of drug-likeness (QED) is 0.452. The molecule has 0 saturated heterocycles. The van der Waals surface area contributed by atoms with Crippen LogP contribution in [0.2, 0.25) is 0 Å². The van der Waals surface area contributed by atoms with Crippen LogP contribution in [-0.2, 0) is 0 Å². The van der Waals surface area contributed by atoms with Crippen LogP contribution in [-0.4, -0.2) is 23.0 Å². The average molecular weight is 305 g/mol. The average Bonchev–Trinajstić information content (AvgIpc) is 2.97. The number of aromatic nitrogens is 1. The van der Waals surface area contributed by atoms with E-state index in [9.17, 15) is 10.1 Å². The lowest BCUT2D eigenvalue weighted by molar-refractivity contribution is -0.389. The standard InChI is InChI=1S/C13H15N5O2S/c1-3-17(4-2)11-7-5-10(6-8-11)15-16-13-14-12(9-21-13)18(19)20/h5-9H,3-4H2,1-2H3. The molecule has 0 saturated carbocycles. The first-order chi connectivity index (χ1) is 10.1. The van der Waals surface area contributed by atoms with E-state index in [0.29, 0.717) is 5.69 Å². The molecular formula is C13H15N5O2S. The van der Waals surface area contributed by atoms with Gasteiger partial charge in [-0.15, -0.1) is 5.11 Å². The van der Waals surface area contributed by atoms with Crippen molar-refractivity contribution in [2.75, 3.05) is 18.0 Å². The summed E-state index contributed by atoms with van der Waals surface area (Å²) in [4.78, 5) is 15.9. The Kier molecular flexibility index (Phi) is 4.94. The fourth-order valence-electron chi connectivity index (χ4n) is 1.81. The highest BCUT2D eigenvalue weighted by Crippen LogP contribution is 2.26. The van der Waals surface area contributed by atoms with Gasteiger partial charge in [-0.25, -0.2) is 0 Å². The summed E-state index contributed by atoms with van der Waals surface area (Å²) in [5.74, 6) is -0.203. The number of azo groups is 1. The number of nitrogens with zero attached hydrogens (tertiary/aromatic N) is 5. The summed E-state index contributed by atoms with van der Waals surface area (Å²) in [5.41, 5.74) is 1.81. The van der Waals surface area contributed by atoms with Crippen molar-refractivity contribution in [3.8, 4) is 0 Å². The van der Waals surface area contributed by atoms with Crippen LogP contribution in [0.15, 0.2) is 39.9 Å². The van der Waals surface area contributed by atoms with Crippen LogP contribution in [0.1, 0.15) is 13.8 Å². The highest BCUT2D eigenvalue weighted by molar-refractivity contribution is 7.13. The molecule has 0 unspecified atom stereocenters. The maximum Gasteiger partial charge on any atom is 0.377 e. The van der Waals surface area contributed by atoms with Crippen LogP contribution < -0.4 is 4.90 Å². The van der Waals surface area contributed by atoms with Gasteiger partial charge in [0.25, 0.3) is 0 Å². The molecule has 0 bridgehead atoms. The van der Waals surface area contributed by atoms with Gasteiger partial charge in [-0.05, 0) is 48.0 Å². The zero-order valence-corrected chi connectivity index (χ0v) is 12.6. The highest BCUT2D eigenvalue weighted by atomic mass is 32.1. The molecule has 2 aromatic rings. The van der Waals surface area contributed by atoms with Gasteiger partial charge in [-0.3, -0.25) is 0 Å². The zero-order chi connectivity index (χ0) is 15.2. The van der Waals surface area contributed by atoms with Crippen molar-refractivity contribution < 1.29 is 4.92 Å². The van der Waals surface area contributed by atoms with Gasteiger partial charge in [0.1, 0.15) is 0 Å². The molecular weight excluding hydrogens is 290 g/mol. The molecule has 0 spiro atoms. The van der Waals surface area contributed by atoms with E-state index in [-0.39, 0.29) is 10.9 Å². The van der Waals surface area contributed by atoms with Crippen molar-refractivity contribution in [2.45, 2.75) is 13.8 Å². The van der Waals surface area contributed by atoms with E-state index in [4.69, 9.17) is 0 Å². The summed E-state index contributed by atoms with van der Waals surface area (Å²) < 4.78 is 0. The maximum atomic E-state index is 10.5. The van der Waals surface area contributed by atoms with Crippen LogP contribution >= 0.6 is 11.3 Å². The van der Waals surface area contributed by atoms with Crippen molar-refractivity contribution in [3.63, 3.8) is 0 Å². The molecule has 1 aromatic carbocycles. The molecule has 0 aliphatic carbocycles. The molecule has 0 fully saturated rings. The SMILES string of the molecule is CCN(CC)c1ccc(N=Nc2nc([N+](=O)[O-])cs2)cc1. The first-order valence-corrected chi connectivity index (χ1v) is 7.38. The lowest BCUT2D eigenvalue weighted by atomic mass is 10.2. The topological polar surface area (TPSA) is 84.0 Å². The highest BCUT2D eigenvalue weighted by Gasteiger charge is 2.12. The summed E-state index contributed by atoms with van der Waals surface area (Å²) in [5, 5.41) is 20.1. The molecule has 0 amide bonds. The number of hydrogen-bond acceptors (Lipinski definition) is 7. The molecule has 2 rings (SSSR count). The number of nitro groups is 1. The van der Waals surface area contributed by atoms with E-state index in [1.165, 1.54) is 5.38 Å². The first-order valence-electron chi connectivity index (χ1n) is 6.50. The van der Waals surface area contributed by atoms with Crippen molar-refractivity contribution in [2.24, 2.45) is 10.2 Å². The molecule has 110 valence electrons. The van der Waals surface area contributed by atoms with Gasteiger partial charge in [0.15, 0.2) is 0 Å². The van der Waals surface area contributed by atoms with Crippen molar-refractivity contribution in [1.82, 2.24) is 4.98 Å². The third-order valence-electron chi connectivity index (χ3n) is 2.90. The van der Waals surface area contributed by atoms with Gasteiger partial charge in [0, 0.05) is 18.8 Å². The van der Waals surface area contributed by atoms with Gasteiger partial charge < -0.3 is 15.0 Å². The van der Waals surface area contributed by atoms with Crippen LogP contribution in [0.5, 0.6) is 0 Å². The number of hydrogen-bond donors (Lipinski definition) is 0. The van der Waals surface area contributed by atoms with Crippen molar-refractivity contribution >= 4 is 33.7 Å². The zero-order valence-electron chi connectivity index (χ0n) is 11.8. The number of rotatable bonds is 6. The third-order valence-corrected chi connectivity index (χ3v) is 3.61. The van der Waals surface area contributed by atoms with E-state index in [0.717, 1.165) is 30.1 Å². The Balaban J connectivity index is 2.08. The minimum Gasteiger partial charge on any atom is -0.372 e. The van der Waals surface area contributed by atoms with Gasteiger partial charge in [0.2, 0.25) is 0 Å². The summed E-state index contributed by atoms with van der Waals surface area (Å²) in [7, 11) is 0. The number of anilines is 1. The molecule has 0 aliphatic heterocycles. The van der Waals surface area contributed by atoms with Crippen molar-refractivity contribution in [1.29, 1.82) is 0 Å². The van der Waals surface area contributed by atoms with Crippen LogP contribution in [0.3, 0.4) is 0 Å². The fourth-order valence-corrected chi connectivity index (χ4v) is 2.39. The molecule has 8 heteroatoms. The molecule has 0 radical (unpaired) electrons. The molecule has 1 aromatic heterocycles. The Bertz CT molecular complexity index is 634. The second-order valence-electron chi connectivity index (χ2n) is 4.13. The Morgan fingerprint density at radius 1 is 1.24 bits per heavy atom. The van der Waals surface area contributed by atoms with E-state index in [1.54, 1.807) is 0 Å². The number of thiazole rings is 1. The first kappa shape index (κ1) is 15.0. The molecule has 0 N–H and O–H groups in total. The van der Waals surface area contributed by atoms with Crippen molar-refractivity contribution in [3.05, 3.63) is 39.8 Å². The largest absolute Gasteiger partial charge is 0.377 e. The van der Waals surface area contributed by atoms with Crippen LogP contribution in [0.25, 0.3) is 0 Å². The second-order valence-corrected chi connectivity index (χ2v) is 4.97. The van der Waals surface area contributed by atoms with E-state index in [1.807, 2.05) is 24.3 Å². The third kappa shape index (κ3) is 3.82. The van der Waals surface area contributed by atoms with Gasteiger partial charge in [0.05, 0.1) is 11.1 Å². The summed E-state index contributed by atoms with van der Waals surface area (Å²) in [6.07, 6.45) is 0. The van der Waals surface area contributed by atoms with E-state index in [2.05, 4.69) is 34.0 Å². The minimum absolute atomic E-state index is 0.203. The Hall–Kier alpha value is -2.35.